The molecule has 25 heavy (non-hydrogen) atoms. The number of aliphatic carboxylic acids is 1. The van der Waals surface area contributed by atoms with Gasteiger partial charge in [0.15, 0.2) is 0 Å². The van der Waals surface area contributed by atoms with Gasteiger partial charge >= 0.3 is 5.97 Å². The van der Waals surface area contributed by atoms with Crippen molar-refractivity contribution < 1.29 is 9.90 Å². The molecule has 0 saturated carbocycles. The highest BCUT2D eigenvalue weighted by molar-refractivity contribution is 9.10. The third kappa shape index (κ3) is 6.10. The maximum absolute atomic E-state index is 10.8. The molecule has 0 radical (unpaired) electrons. The number of hydrazine groups is 1. The molecule has 0 heterocycles. The molecule has 0 atom stereocenters. The molecule has 0 spiro atoms. The zero-order valence-electron chi connectivity index (χ0n) is 14.2. The van der Waals surface area contributed by atoms with Crippen LogP contribution in [0.1, 0.15) is 19.4 Å². The van der Waals surface area contributed by atoms with Crippen LogP contribution in [0, 0.1) is 0 Å². The smallest absolute Gasteiger partial charge is 0.353 e. The Morgan fingerprint density at radius 1 is 1.04 bits per heavy atom. The molecule has 2 aromatic carbocycles. The van der Waals surface area contributed by atoms with E-state index in [1.807, 2.05) is 62.4 Å². The van der Waals surface area contributed by atoms with Gasteiger partial charge in [-0.25, -0.2) is 4.79 Å². The second kappa shape index (κ2) is 10.3. The summed E-state index contributed by atoms with van der Waals surface area (Å²) in [6.07, 6.45) is 3.26. The minimum absolute atomic E-state index is 0.148. The molecule has 2 aromatic rings. The minimum atomic E-state index is -1.23. The lowest BCUT2D eigenvalue weighted by molar-refractivity contribution is -0.132. The Morgan fingerprint density at radius 3 is 1.96 bits per heavy atom. The van der Waals surface area contributed by atoms with Gasteiger partial charge in [0.2, 0.25) is 0 Å². The fourth-order valence-electron chi connectivity index (χ4n) is 1.94. The average molecular weight is 404 g/mol. The molecular weight excluding hydrogens is 382 g/mol. The molecule has 0 aromatic heterocycles. The van der Waals surface area contributed by atoms with Gasteiger partial charge in [-0.05, 0) is 34.9 Å². The number of hydrogen-bond donors (Lipinski definition) is 4. The second-order valence-corrected chi connectivity index (χ2v) is 5.65. The first-order valence-corrected chi connectivity index (χ1v) is 8.54. The van der Waals surface area contributed by atoms with Crippen LogP contribution in [-0.2, 0) is 4.79 Å². The maximum Gasteiger partial charge on any atom is 0.353 e. The first-order chi connectivity index (χ1) is 12.0. The Labute approximate surface area is 156 Å². The van der Waals surface area contributed by atoms with Crippen LogP contribution in [0.15, 0.2) is 70.5 Å². The number of carbonyl (C=O) groups is 1. The van der Waals surface area contributed by atoms with Crippen molar-refractivity contribution in [2.75, 3.05) is 0 Å². The lowest BCUT2D eigenvalue weighted by atomic mass is 10.0. The van der Waals surface area contributed by atoms with Gasteiger partial charge < -0.3 is 16.3 Å². The number of halogens is 1. The van der Waals surface area contributed by atoms with E-state index < -0.39 is 5.97 Å². The highest BCUT2D eigenvalue weighted by atomic mass is 79.9. The first-order valence-electron chi connectivity index (χ1n) is 7.75. The number of carboxylic acid groups (broad SMARTS) is 1. The van der Waals surface area contributed by atoms with E-state index in [4.69, 9.17) is 16.7 Å². The van der Waals surface area contributed by atoms with Crippen molar-refractivity contribution in [2.45, 2.75) is 13.8 Å². The summed E-state index contributed by atoms with van der Waals surface area (Å²) in [6, 6.07) is 15.9. The molecular formula is C19H22BrN3O2. The predicted octanol–water partition coefficient (Wildman–Crippen LogP) is 3.87. The van der Waals surface area contributed by atoms with Gasteiger partial charge in [-0.3, -0.25) is 5.84 Å². The maximum atomic E-state index is 10.8. The number of benzene rings is 2. The Balaban J connectivity index is 0.00000151. The molecule has 6 N–H and O–H groups in total. The SMILES string of the molecule is CC.NNC(/C=C/c1ccc(-c2ccc(Br)cc2)cc1)=C(\N)C(=O)O. The quantitative estimate of drug-likeness (QED) is 0.262. The van der Waals surface area contributed by atoms with Gasteiger partial charge in [0, 0.05) is 4.47 Å². The Hall–Kier alpha value is -2.57. The van der Waals surface area contributed by atoms with E-state index in [9.17, 15) is 4.79 Å². The lowest BCUT2D eigenvalue weighted by Crippen LogP contribution is -2.26. The molecule has 6 heteroatoms. The topological polar surface area (TPSA) is 101 Å². The molecule has 0 saturated heterocycles. The summed E-state index contributed by atoms with van der Waals surface area (Å²) in [4.78, 5) is 10.8. The van der Waals surface area contributed by atoms with Crippen LogP contribution in [0.4, 0.5) is 0 Å². The van der Waals surface area contributed by atoms with E-state index in [-0.39, 0.29) is 11.4 Å². The average Bonchev–Trinajstić information content (AvgIpc) is 2.65. The second-order valence-electron chi connectivity index (χ2n) is 4.74. The predicted molar refractivity (Wildman–Crippen MR) is 106 cm³/mol. The van der Waals surface area contributed by atoms with Gasteiger partial charge in [-0.1, -0.05) is 72.3 Å². The van der Waals surface area contributed by atoms with Crippen LogP contribution in [-0.4, -0.2) is 11.1 Å². The minimum Gasteiger partial charge on any atom is -0.477 e. The third-order valence-electron chi connectivity index (χ3n) is 3.21. The van der Waals surface area contributed by atoms with Gasteiger partial charge in [0.1, 0.15) is 5.70 Å². The molecule has 0 aliphatic heterocycles. The van der Waals surface area contributed by atoms with Gasteiger partial charge in [0.25, 0.3) is 0 Å². The zero-order chi connectivity index (χ0) is 18.8. The highest BCUT2D eigenvalue weighted by Crippen LogP contribution is 2.22. The third-order valence-corrected chi connectivity index (χ3v) is 3.74. The monoisotopic (exact) mass is 403 g/mol. The molecule has 0 amide bonds. The van der Waals surface area contributed by atoms with Crippen LogP contribution in [0.3, 0.4) is 0 Å². The number of allylic oxidation sites excluding steroid dienone is 1. The summed E-state index contributed by atoms with van der Waals surface area (Å²) < 4.78 is 1.03. The van der Waals surface area contributed by atoms with Crippen molar-refractivity contribution >= 4 is 28.0 Å². The van der Waals surface area contributed by atoms with E-state index in [1.54, 1.807) is 6.08 Å². The summed E-state index contributed by atoms with van der Waals surface area (Å²) in [7, 11) is 0. The van der Waals surface area contributed by atoms with Gasteiger partial charge in [0.05, 0.1) is 5.70 Å². The number of rotatable bonds is 5. The molecule has 0 bridgehead atoms. The van der Waals surface area contributed by atoms with Crippen LogP contribution in [0.2, 0.25) is 0 Å². The Kier molecular flexibility index (Phi) is 8.46. The summed E-state index contributed by atoms with van der Waals surface area (Å²) in [5.74, 6) is 4.05. The summed E-state index contributed by atoms with van der Waals surface area (Å²) in [6.45, 7) is 4.00. The van der Waals surface area contributed by atoms with E-state index in [0.717, 1.165) is 21.2 Å². The Bertz CT molecular complexity index is 751. The summed E-state index contributed by atoms with van der Waals surface area (Å²) >= 11 is 3.41. The lowest BCUT2D eigenvalue weighted by Gasteiger charge is -2.04. The summed E-state index contributed by atoms with van der Waals surface area (Å²) in [5.41, 5.74) is 10.6. The number of hydrogen-bond acceptors (Lipinski definition) is 4. The van der Waals surface area contributed by atoms with Crippen LogP contribution < -0.4 is 17.0 Å². The van der Waals surface area contributed by atoms with Crippen LogP contribution in [0.5, 0.6) is 0 Å². The molecule has 0 fully saturated rings. The zero-order valence-corrected chi connectivity index (χ0v) is 15.7. The fourth-order valence-corrected chi connectivity index (χ4v) is 2.20. The van der Waals surface area contributed by atoms with E-state index in [0.29, 0.717) is 0 Å². The molecule has 0 unspecified atom stereocenters. The number of carboxylic acids is 1. The van der Waals surface area contributed by atoms with Crippen molar-refractivity contribution in [3.05, 3.63) is 76.0 Å². The molecule has 5 nitrogen and oxygen atoms in total. The van der Waals surface area contributed by atoms with Crippen LogP contribution in [0.25, 0.3) is 17.2 Å². The van der Waals surface area contributed by atoms with Crippen molar-refractivity contribution in [1.82, 2.24) is 5.43 Å². The highest BCUT2D eigenvalue weighted by Gasteiger charge is 2.06. The number of nitrogens with two attached hydrogens (primary N) is 2. The summed E-state index contributed by atoms with van der Waals surface area (Å²) in [5, 5.41) is 8.85. The molecule has 0 aliphatic carbocycles. The van der Waals surface area contributed by atoms with Crippen molar-refractivity contribution in [3.8, 4) is 11.1 Å². The van der Waals surface area contributed by atoms with Crippen LogP contribution >= 0.6 is 15.9 Å². The largest absolute Gasteiger partial charge is 0.477 e. The molecule has 0 aliphatic rings. The molecule has 2 rings (SSSR count). The van der Waals surface area contributed by atoms with E-state index in [1.165, 1.54) is 6.08 Å². The van der Waals surface area contributed by atoms with E-state index >= 15 is 0 Å². The van der Waals surface area contributed by atoms with Gasteiger partial charge in [-0.2, -0.15) is 0 Å². The first kappa shape index (κ1) is 20.5. The van der Waals surface area contributed by atoms with Gasteiger partial charge in [-0.15, -0.1) is 0 Å². The normalized spacial score (nSPS) is 11.4. The van der Waals surface area contributed by atoms with Crippen molar-refractivity contribution in [2.24, 2.45) is 11.6 Å². The standard InChI is InChI=1S/C17H16BrN3O2.C2H6/c18-14-8-6-13(7-9-14)12-4-1-11(2-5-12)3-10-15(21-20)16(19)17(22)23;1-2/h1-10,21H,19-20H2,(H,22,23);1-2H3/b10-3+,16-15-;. The fraction of sp³-hybridized carbons (Fsp3) is 0.105. The van der Waals surface area contributed by atoms with Crippen molar-refractivity contribution in [3.63, 3.8) is 0 Å². The molecule has 132 valence electrons. The van der Waals surface area contributed by atoms with Crippen molar-refractivity contribution in [1.29, 1.82) is 0 Å². The Morgan fingerprint density at radius 2 is 1.52 bits per heavy atom. The van der Waals surface area contributed by atoms with E-state index in [2.05, 4.69) is 21.4 Å². The number of nitrogens with one attached hydrogen (secondary N) is 1.